The Balaban J connectivity index is 1.28. The fraction of sp³-hybridized carbons (Fsp3) is 0.615. The molecule has 1 aromatic carbocycles. The van der Waals surface area contributed by atoms with E-state index in [1.54, 1.807) is 6.26 Å². The summed E-state index contributed by atoms with van der Waals surface area (Å²) in [5.74, 6) is 0.787. The molecule has 1 aliphatic carbocycles. The number of halogens is 1. The predicted molar refractivity (Wildman–Crippen MR) is 142 cm³/mol. The van der Waals surface area contributed by atoms with Gasteiger partial charge in [-0.3, -0.25) is 9.69 Å². The first-order valence-electron chi connectivity index (χ1n) is 12.8. The number of nitrogens with one attached hydrogen (secondary N) is 1. The maximum Gasteiger partial charge on any atom is 0.239 e. The van der Waals surface area contributed by atoms with Crippen LogP contribution in [0.1, 0.15) is 49.8 Å². The molecule has 1 aromatic heterocycles. The monoisotopic (exact) mass is 519 g/mol. The van der Waals surface area contributed by atoms with E-state index in [0.717, 1.165) is 35.3 Å². The van der Waals surface area contributed by atoms with Crippen molar-refractivity contribution in [3.63, 3.8) is 0 Å². The average Bonchev–Trinajstić information content (AvgIpc) is 3.29. The van der Waals surface area contributed by atoms with Crippen molar-refractivity contribution < 1.29 is 9.00 Å². The molecular weight excluding hydrogens is 482 g/mol. The molecule has 7 nitrogen and oxygen atoms in total. The molecule has 35 heavy (non-hydrogen) atoms. The molecule has 1 saturated carbocycles. The van der Waals surface area contributed by atoms with Crippen molar-refractivity contribution in [1.82, 2.24) is 24.1 Å². The predicted octanol–water partition coefficient (Wildman–Crippen LogP) is 3.49. The van der Waals surface area contributed by atoms with Crippen LogP contribution in [-0.2, 0) is 28.7 Å². The maximum atomic E-state index is 13.2. The standard InChI is InChI=1S/C26H38ClN5O2S/c1-35(34)32-15-14-30(13-11-21-6-3-2-4-7-21)19-25(32)26(33)29-12-10-24-17-28-20-31(24)18-22-8-5-9-23(27)16-22/h5,8-9,16-17,20-21,25H,2-4,6-7,10-15,18-19H2,1H3,(H,29,33). The molecule has 2 atom stereocenters. The van der Waals surface area contributed by atoms with Crippen LogP contribution in [0.5, 0.6) is 0 Å². The Hall–Kier alpha value is -1.74. The van der Waals surface area contributed by atoms with Crippen molar-refractivity contribution in [1.29, 1.82) is 0 Å². The van der Waals surface area contributed by atoms with Crippen molar-refractivity contribution in [2.75, 3.05) is 39.0 Å². The van der Waals surface area contributed by atoms with E-state index in [0.29, 0.717) is 32.6 Å². The number of benzene rings is 1. The van der Waals surface area contributed by atoms with Gasteiger partial charge in [0.1, 0.15) is 6.04 Å². The lowest BCUT2D eigenvalue weighted by Gasteiger charge is -2.39. The molecular formula is C26H38ClN5O2S. The molecule has 0 spiro atoms. The van der Waals surface area contributed by atoms with Crippen LogP contribution in [0, 0.1) is 5.92 Å². The summed E-state index contributed by atoms with van der Waals surface area (Å²) in [5, 5.41) is 3.82. The van der Waals surface area contributed by atoms with E-state index < -0.39 is 11.0 Å². The van der Waals surface area contributed by atoms with Gasteiger partial charge in [-0.25, -0.2) is 13.5 Å². The molecule has 192 valence electrons. The van der Waals surface area contributed by atoms with E-state index in [2.05, 4.69) is 19.8 Å². The summed E-state index contributed by atoms with van der Waals surface area (Å²) in [6.07, 6.45) is 14.0. The minimum Gasteiger partial charge on any atom is -0.354 e. The van der Waals surface area contributed by atoms with E-state index in [1.165, 1.54) is 38.5 Å². The van der Waals surface area contributed by atoms with Gasteiger partial charge < -0.3 is 9.88 Å². The highest BCUT2D eigenvalue weighted by Crippen LogP contribution is 2.27. The number of amides is 1. The Labute approximate surface area is 216 Å². The minimum absolute atomic E-state index is 0.0385. The number of nitrogens with zero attached hydrogens (tertiary/aromatic N) is 4. The molecule has 1 aliphatic heterocycles. The Kier molecular flexibility index (Phi) is 9.77. The van der Waals surface area contributed by atoms with Gasteiger partial charge in [0.05, 0.1) is 17.3 Å². The number of hydrogen-bond acceptors (Lipinski definition) is 4. The van der Waals surface area contributed by atoms with E-state index in [4.69, 9.17) is 11.6 Å². The van der Waals surface area contributed by atoms with Crippen LogP contribution >= 0.6 is 11.6 Å². The first kappa shape index (κ1) is 26.3. The molecule has 2 heterocycles. The summed E-state index contributed by atoms with van der Waals surface area (Å²) in [7, 11) is -1.17. The highest BCUT2D eigenvalue weighted by molar-refractivity contribution is 7.81. The summed E-state index contributed by atoms with van der Waals surface area (Å²) in [6, 6.07) is 7.43. The lowest BCUT2D eigenvalue weighted by atomic mass is 9.87. The maximum absolute atomic E-state index is 13.2. The zero-order valence-corrected chi connectivity index (χ0v) is 22.3. The smallest absolute Gasteiger partial charge is 0.239 e. The number of aromatic nitrogens is 2. The van der Waals surface area contributed by atoms with Crippen LogP contribution in [0.15, 0.2) is 36.8 Å². The zero-order chi connectivity index (χ0) is 24.6. The molecule has 2 unspecified atom stereocenters. The number of rotatable bonds is 10. The molecule has 1 amide bonds. The highest BCUT2D eigenvalue weighted by atomic mass is 35.5. The van der Waals surface area contributed by atoms with E-state index in [-0.39, 0.29) is 11.9 Å². The highest BCUT2D eigenvalue weighted by Gasteiger charge is 2.34. The number of carbonyl (C=O) groups is 1. The van der Waals surface area contributed by atoms with Crippen molar-refractivity contribution in [2.24, 2.45) is 5.92 Å². The van der Waals surface area contributed by atoms with Crippen molar-refractivity contribution in [2.45, 2.75) is 57.5 Å². The second-order valence-electron chi connectivity index (χ2n) is 9.86. The van der Waals surface area contributed by atoms with Crippen molar-refractivity contribution in [3.05, 3.63) is 53.1 Å². The van der Waals surface area contributed by atoms with Gasteiger partial charge in [-0.1, -0.05) is 55.8 Å². The molecule has 0 bridgehead atoms. The van der Waals surface area contributed by atoms with Gasteiger partial charge in [-0.05, 0) is 36.6 Å². The number of carbonyl (C=O) groups excluding carboxylic acids is 1. The summed E-state index contributed by atoms with van der Waals surface area (Å²) < 4.78 is 16.3. The molecule has 2 aromatic rings. The number of piperazine rings is 1. The first-order chi connectivity index (χ1) is 17.0. The van der Waals surface area contributed by atoms with Gasteiger partial charge in [0.2, 0.25) is 5.91 Å². The number of imidazole rings is 1. The Morgan fingerprint density at radius 3 is 2.83 bits per heavy atom. The van der Waals surface area contributed by atoms with E-state index in [1.807, 2.05) is 41.1 Å². The molecule has 4 rings (SSSR count). The lowest BCUT2D eigenvalue weighted by molar-refractivity contribution is -0.126. The number of hydrogen-bond donors (Lipinski definition) is 1. The summed E-state index contributed by atoms with van der Waals surface area (Å²) in [4.78, 5) is 19.8. The largest absolute Gasteiger partial charge is 0.354 e. The zero-order valence-electron chi connectivity index (χ0n) is 20.7. The second-order valence-corrected chi connectivity index (χ2v) is 11.6. The summed E-state index contributed by atoms with van der Waals surface area (Å²) >= 11 is 6.12. The Bertz CT molecular complexity index is 994. The topological polar surface area (TPSA) is 70.5 Å². The Morgan fingerprint density at radius 1 is 1.23 bits per heavy atom. The van der Waals surface area contributed by atoms with Crippen molar-refractivity contribution >= 4 is 28.5 Å². The average molecular weight is 520 g/mol. The first-order valence-corrected chi connectivity index (χ1v) is 14.7. The van der Waals surface area contributed by atoms with Crippen LogP contribution < -0.4 is 5.32 Å². The van der Waals surface area contributed by atoms with Crippen molar-refractivity contribution in [3.8, 4) is 0 Å². The second kappa shape index (κ2) is 13.0. The Morgan fingerprint density at radius 2 is 2.06 bits per heavy atom. The third-order valence-electron chi connectivity index (χ3n) is 7.35. The van der Waals surface area contributed by atoms with Crippen LogP contribution in [0.25, 0.3) is 0 Å². The van der Waals surface area contributed by atoms with E-state index >= 15 is 0 Å². The normalized spacial score (nSPS) is 21.1. The third kappa shape index (κ3) is 7.62. The van der Waals surface area contributed by atoms with Crippen LogP contribution in [0.3, 0.4) is 0 Å². The quantitative estimate of drug-likeness (QED) is 0.521. The van der Waals surface area contributed by atoms with Gasteiger partial charge in [0.15, 0.2) is 0 Å². The van der Waals surface area contributed by atoms with E-state index in [9.17, 15) is 9.00 Å². The lowest BCUT2D eigenvalue weighted by Crippen LogP contribution is -2.59. The van der Waals surface area contributed by atoms with Gasteiger partial charge in [-0.2, -0.15) is 0 Å². The molecule has 2 fully saturated rings. The fourth-order valence-electron chi connectivity index (χ4n) is 5.35. The van der Waals surface area contributed by atoms with Gasteiger partial charge in [0, 0.05) is 62.3 Å². The van der Waals surface area contributed by atoms with Crippen LogP contribution in [-0.4, -0.2) is 73.9 Å². The molecule has 0 radical (unpaired) electrons. The fourth-order valence-corrected chi connectivity index (χ4v) is 6.42. The molecule has 1 N–H and O–H groups in total. The van der Waals surface area contributed by atoms with Crippen LogP contribution in [0.2, 0.25) is 5.02 Å². The minimum atomic E-state index is -1.17. The van der Waals surface area contributed by atoms with Gasteiger partial charge >= 0.3 is 0 Å². The molecule has 2 aliphatic rings. The van der Waals surface area contributed by atoms with Crippen LogP contribution in [0.4, 0.5) is 0 Å². The van der Waals surface area contributed by atoms with Gasteiger partial charge in [-0.15, -0.1) is 0 Å². The molecule has 9 heteroatoms. The van der Waals surface area contributed by atoms with Gasteiger partial charge in [0.25, 0.3) is 0 Å². The third-order valence-corrected chi connectivity index (χ3v) is 8.68. The SMILES string of the molecule is CS(=O)N1CCN(CCC2CCCCC2)CC1C(=O)NCCc1cncn1Cc1cccc(Cl)c1. The summed E-state index contributed by atoms with van der Waals surface area (Å²) in [6.45, 7) is 4.41. The summed E-state index contributed by atoms with van der Waals surface area (Å²) in [5.41, 5.74) is 2.16. The molecule has 1 saturated heterocycles.